The van der Waals surface area contributed by atoms with Gasteiger partial charge in [0.05, 0.1) is 5.52 Å². The van der Waals surface area contributed by atoms with Crippen LogP contribution in [0.3, 0.4) is 0 Å². The van der Waals surface area contributed by atoms with E-state index < -0.39 is 17.5 Å². The van der Waals surface area contributed by atoms with E-state index >= 15 is 0 Å². The minimum Gasteiger partial charge on any atom is -0.459 e. The maximum absolute atomic E-state index is 13.0. The number of aromatic nitrogens is 1. The zero-order valence-corrected chi connectivity index (χ0v) is 20.3. The molecule has 162 valence electrons. The fourth-order valence-corrected chi connectivity index (χ4v) is 3.67. The molecule has 3 aromatic rings. The van der Waals surface area contributed by atoms with Crippen molar-refractivity contribution in [2.24, 2.45) is 0 Å². The largest absolute Gasteiger partial charge is 0.459 e. The summed E-state index contributed by atoms with van der Waals surface area (Å²) in [7, 11) is 0. The molecule has 8 heteroatoms. The van der Waals surface area contributed by atoms with Crippen LogP contribution < -0.4 is 10.7 Å². The molecule has 0 bridgehead atoms. The van der Waals surface area contributed by atoms with Gasteiger partial charge in [0.25, 0.3) is 5.91 Å². The lowest BCUT2D eigenvalue weighted by atomic mass is 10.1. The van der Waals surface area contributed by atoms with Gasteiger partial charge in [0.15, 0.2) is 0 Å². The van der Waals surface area contributed by atoms with Crippen LogP contribution in [0.2, 0.25) is 5.02 Å². The van der Waals surface area contributed by atoms with Gasteiger partial charge in [-0.25, -0.2) is 0 Å². The third-order valence-electron chi connectivity index (χ3n) is 4.37. The molecule has 0 saturated carbocycles. The van der Waals surface area contributed by atoms with Crippen molar-refractivity contribution in [2.45, 2.75) is 39.5 Å². The molecule has 0 spiro atoms. The molecule has 0 radical (unpaired) electrons. The Hall–Kier alpha value is -2.39. The first kappa shape index (κ1) is 23.3. The van der Waals surface area contributed by atoms with E-state index in [4.69, 9.17) is 16.3 Å². The molecule has 3 rings (SSSR count). The second-order valence-electron chi connectivity index (χ2n) is 8.06. The summed E-state index contributed by atoms with van der Waals surface area (Å²) in [4.78, 5) is 38.3. The van der Waals surface area contributed by atoms with E-state index in [1.807, 2.05) is 6.07 Å². The second kappa shape index (κ2) is 9.40. The molecule has 0 fully saturated rings. The van der Waals surface area contributed by atoms with Gasteiger partial charge >= 0.3 is 5.97 Å². The standard InChI is InChI=1S/C23H22ClIN2O4/c1-23(2,3)31-20(28)13-27-12-18(21(29)17-10-16(25)8-9-19(17)27)22(30)26-11-14-4-6-15(24)7-5-14/h4-10,12H,11,13H2,1-3H3,(H,26,30). The molecule has 2 aromatic carbocycles. The Morgan fingerprint density at radius 3 is 2.45 bits per heavy atom. The topological polar surface area (TPSA) is 77.4 Å². The molecule has 0 saturated heterocycles. The summed E-state index contributed by atoms with van der Waals surface area (Å²) in [6.45, 7) is 5.48. The first-order valence-corrected chi connectivity index (χ1v) is 11.1. The number of carbonyl (C=O) groups excluding carboxylic acids is 2. The molecule has 0 atom stereocenters. The van der Waals surface area contributed by atoms with Crippen molar-refractivity contribution >= 4 is 57.0 Å². The lowest BCUT2D eigenvalue weighted by Crippen LogP contribution is -2.31. The Kier molecular flexibility index (Phi) is 7.06. The van der Waals surface area contributed by atoms with Gasteiger partial charge in [-0.15, -0.1) is 0 Å². The van der Waals surface area contributed by atoms with Crippen LogP contribution in [0.1, 0.15) is 36.7 Å². The number of pyridine rings is 1. The Morgan fingerprint density at radius 1 is 1.13 bits per heavy atom. The third-order valence-corrected chi connectivity index (χ3v) is 5.30. The number of fused-ring (bicyclic) bond motifs is 1. The average Bonchev–Trinajstić information content (AvgIpc) is 2.68. The molecule has 0 aliphatic heterocycles. The molecular formula is C23H22ClIN2O4. The number of nitrogens with zero attached hydrogens (tertiary/aromatic N) is 1. The summed E-state index contributed by atoms with van der Waals surface area (Å²) in [5.74, 6) is -0.970. The monoisotopic (exact) mass is 552 g/mol. The van der Waals surface area contributed by atoms with Gasteiger partial charge < -0.3 is 14.6 Å². The lowest BCUT2D eigenvalue weighted by Gasteiger charge is -2.21. The van der Waals surface area contributed by atoms with Crippen LogP contribution in [0.5, 0.6) is 0 Å². The summed E-state index contributed by atoms with van der Waals surface area (Å²) in [6.07, 6.45) is 1.42. The highest BCUT2D eigenvalue weighted by Crippen LogP contribution is 2.17. The van der Waals surface area contributed by atoms with Crippen LogP contribution in [-0.2, 0) is 22.6 Å². The minimum atomic E-state index is -0.639. The normalized spacial score (nSPS) is 11.4. The van der Waals surface area contributed by atoms with Crippen molar-refractivity contribution in [3.8, 4) is 0 Å². The quantitative estimate of drug-likeness (QED) is 0.373. The van der Waals surface area contributed by atoms with Gasteiger partial charge in [-0.2, -0.15) is 0 Å². The van der Waals surface area contributed by atoms with Gasteiger partial charge in [-0.05, 0) is 79.3 Å². The first-order chi connectivity index (χ1) is 14.5. The van der Waals surface area contributed by atoms with Crippen LogP contribution in [0, 0.1) is 3.57 Å². The minimum absolute atomic E-state index is 0.0352. The molecular weight excluding hydrogens is 531 g/mol. The Labute approximate surface area is 198 Å². The molecule has 31 heavy (non-hydrogen) atoms. The summed E-state index contributed by atoms with van der Waals surface area (Å²) in [6, 6.07) is 12.4. The first-order valence-electron chi connectivity index (χ1n) is 9.61. The summed E-state index contributed by atoms with van der Waals surface area (Å²) in [5.41, 5.74) is 0.349. The van der Waals surface area contributed by atoms with Crippen molar-refractivity contribution in [1.29, 1.82) is 0 Å². The average molecular weight is 553 g/mol. The van der Waals surface area contributed by atoms with Gasteiger partial charge in [-0.1, -0.05) is 23.7 Å². The van der Waals surface area contributed by atoms with Crippen molar-refractivity contribution in [2.75, 3.05) is 0 Å². The lowest BCUT2D eigenvalue weighted by molar-refractivity contribution is -0.155. The van der Waals surface area contributed by atoms with E-state index in [0.717, 1.165) is 9.13 Å². The zero-order chi connectivity index (χ0) is 22.8. The predicted molar refractivity (Wildman–Crippen MR) is 129 cm³/mol. The summed E-state index contributed by atoms with van der Waals surface area (Å²) < 4.78 is 7.84. The molecule has 1 aromatic heterocycles. The van der Waals surface area contributed by atoms with E-state index in [-0.39, 0.29) is 24.1 Å². The Bertz CT molecular complexity index is 1200. The zero-order valence-electron chi connectivity index (χ0n) is 17.4. The number of hydrogen-bond donors (Lipinski definition) is 1. The summed E-state index contributed by atoms with van der Waals surface area (Å²) >= 11 is 7.99. The number of ether oxygens (including phenoxy) is 1. The number of carbonyl (C=O) groups is 2. The number of nitrogens with one attached hydrogen (secondary N) is 1. The van der Waals surface area contributed by atoms with E-state index in [2.05, 4.69) is 27.9 Å². The number of esters is 1. The SMILES string of the molecule is CC(C)(C)OC(=O)Cn1cc(C(=O)NCc2ccc(Cl)cc2)c(=O)c2cc(I)ccc21. The van der Waals surface area contributed by atoms with Gasteiger partial charge in [0.2, 0.25) is 5.43 Å². The number of hydrogen-bond acceptors (Lipinski definition) is 4. The molecule has 0 aliphatic rings. The molecule has 1 N–H and O–H groups in total. The maximum atomic E-state index is 13.0. The van der Waals surface area contributed by atoms with Crippen LogP contribution in [0.4, 0.5) is 0 Å². The Balaban J connectivity index is 1.95. The number of amides is 1. The second-order valence-corrected chi connectivity index (χ2v) is 9.74. The van der Waals surface area contributed by atoms with E-state index in [0.29, 0.717) is 15.9 Å². The maximum Gasteiger partial charge on any atom is 0.326 e. The van der Waals surface area contributed by atoms with Crippen LogP contribution in [0.15, 0.2) is 53.5 Å². The molecule has 0 unspecified atom stereocenters. The van der Waals surface area contributed by atoms with Crippen LogP contribution >= 0.6 is 34.2 Å². The molecule has 1 amide bonds. The molecule has 6 nitrogen and oxygen atoms in total. The smallest absolute Gasteiger partial charge is 0.326 e. The predicted octanol–water partition coefficient (Wildman–Crippen LogP) is 4.53. The number of benzene rings is 2. The number of rotatable bonds is 5. The highest BCUT2D eigenvalue weighted by atomic mass is 127. The van der Waals surface area contributed by atoms with E-state index in [1.54, 1.807) is 61.7 Å². The van der Waals surface area contributed by atoms with Gasteiger partial charge in [-0.3, -0.25) is 14.4 Å². The molecule has 0 aliphatic carbocycles. The van der Waals surface area contributed by atoms with Crippen molar-refractivity contribution < 1.29 is 14.3 Å². The number of halogens is 2. The van der Waals surface area contributed by atoms with Gasteiger partial charge in [0.1, 0.15) is 17.7 Å². The Morgan fingerprint density at radius 2 is 1.81 bits per heavy atom. The van der Waals surface area contributed by atoms with Crippen LogP contribution in [-0.4, -0.2) is 22.0 Å². The van der Waals surface area contributed by atoms with E-state index in [1.165, 1.54) is 6.20 Å². The summed E-state index contributed by atoms with van der Waals surface area (Å²) in [5, 5.41) is 3.73. The van der Waals surface area contributed by atoms with Crippen LogP contribution in [0.25, 0.3) is 10.9 Å². The highest BCUT2D eigenvalue weighted by molar-refractivity contribution is 14.1. The fourth-order valence-electron chi connectivity index (χ4n) is 3.05. The highest BCUT2D eigenvalue weighted by Gasteiger charge is 2.20. The van der Waals surface area contributed by atoms with Gasteiger partial charge in [0, 0.05) is 26.7 Å². The molecule has 1 heterocycles. The van der Waals surface area contributed by atoms with Crippen molar-refractivity contribution in [1.82, 2.24) is 9.88 Å². The van der Waals surface area contributed by atoms with Crippen molar-refractivity contribution in [3.63, 3.8) is 0 Å². The van der Waals surface area contributed by atoms with E-state index in [9.17, 15) is 14.4 Å². The third kappa shape index (κ3) is 6.07. The fraction of sp³-hybridized carbons (Fsp3) is 0.261. The van der Waals surface area contributed by atoms with Crippen molar-refractivity contribution in [3.05, 3.63) is 78.6 Å².